The van der Waals surface area contributed by atoms with E-state index in [0.29, 0.717) is 0 Å². The van der Waals surface area contributed by atoms with E-state index < -0.39 is 0 Å². The van der Waals surface area contributed by atoms with Crippen LogP contribution in [-0.2, 0) is 17.8 Å². The van der Waals surface area contributed by atoms with E-state index in [0.717, 1.165) is 71.0 Å². The highest BCUT2D eigenvalue weighted by atomic mass is 16.5. The van der Waals surface area contributed by atoms with Gasteiger partial charge in [0.1, 0.15) is 0 Å². The van der Waals surface area contributed by atoms with Gasteiger partial charge in [-0.25, -0.2) is 0 Å². The van der Waals surface area contributed by atoms with Gasteiger partial charge in [-0.05, 0) is 19.4 Å². The van der Waals surface area contributed by atoms with Gasteiger partial charge < -0.3 is 10.1 Å². The maximum atomic E-state index is 5.45. The summed E-state index contributed by atoms with van der Waals surface area (Å²) in [6, 6.07) is 0. The normalized spacial score (nSPS) is 17.5. The van der Waals surface area contributed by atoms with E-state index >= 15 is 0 Å². The summed E-state index contributed by atoms with van der Waals surface area (Å²) < 4.78 is 7.39. The first-order valence-corrected chi connectivity index (χ1v) is 7.28. The van der Waals surface area contributed by atoms with E-state index in [4.69, 9.17) is 4.74 Å². The summed E-state index contributed by atoms with van der Waals surface area (Å²) in [5.74, 6) is 0. The van der Waals surface area contributed by atoms with E-state index in [-0.39, 0.29) is 0 Å². The highest BCUT2D eigenvalue weighted by molar-refractivity contribution is 4.91. The van der Waals surface area contributed by atoms with Crippen LogP contribution in [0, 0.1) is 0 Å². The topological polar surface area (TPSA) is 55.2 Å². The molecule has 1 fully saturated rings. The highest BCUT2D eigenvalue weighted by Gasteiger charge is 2.09. The zero-order valence-corrected chi connectivity index (χ0v) is 11.8. The van der Waals surface area contributed by atoms with Gasteiger partial charge in [-0.2, -0.15) is 0 Å². The molecule has 2 rings (SSSR count). The zero-order chi connectivity index (χ0) is 13.3. The van der Waals surface area contributed by atoms with E-state index in [1.807, 2.05) is 10.9 Å². The Labute approximate surface area is 115 Å². The van der Waals surface area contributed by atoms with Gasteiger partial charge in [-0.15, -0.1) is 5.10 Å². The van der Waals surface area contributed by atoms with Crippen molar-refractivity contribution in [2.24, 2.45) is 0 Å². The second-order valence-electron chi connectivity index (χ2n) is 4.96. The highest BCUT2D eigenvalue weighted by Crippen LogP contribution is 2.00. The average molecular weight is 267 g/mol. The van der Waals surface area contributed by atoms with E-state index in [2.05, 4.69) is 27.5 Å². The molecular formula is C13H25N5O. The van der Waals surface area contributed by atoms with Crippen molar-refractivity contribution >= 4 is 0 Å². The number of aromatic nitrogens is 3. The molecule has 0 aromatic carbocycles. The van der Waals surface area contributed by atoms with Crippen LogP contribution in [0.15, 0.2) is 6.20 Å². The molecule has 0 saturated carbocycles. The monoisotopic (exact) mass is 267 g/mol. The van der Waals surface area contributed by atoms with Gasteiger partial charge in [0.05, 0.1) is 18.8 Å². The fraction of sp³-hybridized carbons (Fsp3) is 0.846. The molecule has 1 aliphatic rings. The van der Waals surface area contributed by atoms with Crippen molar-refractivity contribution in [2.45, 2.75) is 32.9 Å². The Morgan fingerprint density at radius 3 is 3.16 bits per heavy atom. The van der Waals surface area contributed by atoms with Crippen LogP contribution in [0.3, 0.4) is 0 Å². The summed E-state index contributed by atoms with van der Waals surface area (Å²) in [7, 11) is 0. The molecule has 0 amide bonds. The molecule has 1 aliphatic heterocycles. The molecule has 1 aromatic heterocycles. The van der Waals surface area contributed by atoms with Crippen molar-refractivity contribution in [1.29, 1.82) is 0 Å². The Kier molecular flexibility index (Phi) is 6.26. The lowest BCUT2D eigenvalue weighted by Gasteiger charge is -2.18. The van der Waals surface area contributed by atoms with Gasteiger partial charge in [-0.3, -0.25) is 9.58 Å². The van der Waals surface area contributed by atoms with Gasteiger partial charge in [0.15, 0.2) is 0 Å². The molecule has 0 atom stereocenters. The third-order valence-electron chi connectivity index (χ3n) is 3.28. The van der Waals surface area contributed by atoms with Crippen LogP contribution in [-0.4, -0.2) is 59.3 Å². The van der Waals surface area contributed by atoms with Crippen LogP contribution in [0.25, 0.3) is 0 Å². The predicted octanol–water partition coefficient (Wildman–Crippen LogP) is 0.500. The number of ether oxygens (including phenoxy) is 1. The number of rotatable bonds is 7. The molecule has 1 N–H and O–H groups in total. The van der Waals surface area contributed by atoms with Gasteiger partial charge in [0, 0.05) is 39.0 Å². The molecule has 0 bridgehead atoms. The number of nitrogens with zero attached hydrogens (tertiary/aromatic N) is 4. The van der Waals surface area contributed by atoms with E-state index in [1.165, 1.54) is 0 Å². The van der Waals surface area contributed by atoms with Gasteiger partial charge >= 0.3 is 0 Å². The summed E-state index contributed by atoms with van der Waals surface area (Å²) in [5, 5.41) is 11.7. The number of hydrogen-bond acceptors (Lipinski definition) is 5. The second kappa shape index (κ2) is 8.24. The standard InChI is InChI=1S/C13H25N5O/c1-2-4-14-11-13-12-18(16-15-13)7-6-17-5-3-9-19-10-8-17/h12,14H,2-11H2,1H3. The fourth-order valence-electron chi connectivity index (χ4n) is 2.19. The summed E-state index contributed by atoms with van der Waals surface area (Å²) in [6.07, 6.45) is 4.31. The summed E-state index contributed by atoms with van der Waals surface area (Å²) in [5.41, 5.74) is 1.02. The van der Waals surface area contributed by atoms with Crippen molar-refractivity contribution in [3.05, 3.63) is 11.9 Å². The van der Waals surface area contributed by atoms with Gasteiger partial charge in [0.2, 0.25) is 0 Å². The lowest BCUT2D eigenvalue weighted by atomic mass is 10.4. The minimum absolute atomic E-state index is 0.811. The summed E-state index contributed by atoms with van der Waals surface area (Å²) in [4.78, 5) is 2.43. The third-order valence-corrected chi connectivity index (χ3v) is 3.28. The predicted molar refractivity (Wildman–Crippen MR) is 73.9 cm³/mol. The lowest BCUT2D eigenvalue weighted by Crippen LogP contribution is -2.30. The van der Waals surface area contributed by atoms with Crippen LogP contribution >= 0.6 is 0 Å². The lowest BCUT2D eigenvalue weighted by molar-refractivity contribution is 0.140. The van der Waals surface area contributed by atoms with Crippen LogP contribution < -0.4 is 5.32 Å². The minimum atomic E-state index is 0.811. The minimum Gasteiger partial charge on any atom is -0.380 e. The maximum absolute atomic E-state index is 5.45. The van der Waals surface area contributed by atoms with Crippen molar-refractivity contribution < 1.29 is 4.74 Å². The molecule has 108 valence electrons. The first kappa shape index (κ1) is 14.4. The summed E-state index contributed by atoms with van der Waals surface area (Å²) in [6.45, 7) is 9.83. The average Bonchev–Trinajstić information content (AvgIpc) is 2.71. The van der Waals surface area contributed by atoms with Gasteiger partial charge in [-0.1, -0.05) is 12.1 Å². The Hall–Kier alpha value is -0.980. The largest absolute Gasteiger partial charge is 0.380 e. The maximum Gasteiger partial charge on any atom is 0.0964 e. The summed E-state index contributed by atoms with van der Waals surface area (Å²) >= 11 is 0. The van der Waals surface area contributed by atoms with Crippen LogP contribution in [0.1, 0.15) is 25.5 Å². The van der Waals surface area contributed by atoms with Crippen molar-refractivity contribution in [3.8, 4) is 0 Å². The number of hydrogen-bond donors (Lipinski definition) is 1. The first-order valence-electron chi connectivity index (χ1n) is 7.28. The quantitative estimate of drug-likeness (QED) is 0.729. The van der Waals surface area contributed by atoms with Crippen LogP contribution in [0.2, 0.25) is 0 Å². The van der Waals surface area contributed by atoms with Crippen molar-refractivity contribution in [2.75, 3.05) is 39.4 Å². The molecule has 1 aromatic rings. The Morgan fingerprint density at radius 2 is 2.26 bits per heavy atom. The van der Waals surface area contributed by atoms with Crippen molar-refractivity contribution in [1.82, 2.24) is 25.2 Å². The molecular weight excluding hydrogens is 242 g/mol. The zero-order valence-electron chi connectivity index (χ0n) is 11.8. The van der Waals surface area contributed by atoms with E-state index in [9.17, 15) is 0 Å². The molecule has 6 nitrogen and oxygen atoms in total. The first-order chi connectivity index (χ1) is 9.38. The van der Waals surface area contributed by atoms with Crippen molar-refractivity contribution in [3.63, 3.8) is 0 Å². The molecule has 0 spiro atoms. The smallest absolute Gasteiger partial charge is 0.0964 e. The Bertz CT molecular complexity index is 347. The Morgan fingerprint density at radius 1 is 1.32 bits per heavy atom. The van der Waals surface area contributed by atoms with E-state index in [1.54, 1.807) is 0 Å². The molecule has 19 heavy (non-hydrogen) atoms. The third kappa shape index (κ3) is 5.26. The molecule has 0 unspecified atom stereocenters. The molecule has 0 aliphatic carbocycles. The fourth-order valence-corrected chi connectivity index (χ4v) is 2.19. The van der Waals surface area contributed by atoms with Crippen LogP contribution in [0.4, 0.5) is 0 Å². The van der Waals surface area contributed by atoms with Crippen LogP contribution in [0.5, 0.6) is 0 Å². The molecule has 2 heterocycles. The molecule has 6 heteroatoms. The molecule has 1 saturated heterocycles. The second-order valence-corrected chi connectivity index (χ2v) is 4.96. The van der Waals surface area contributed by atoms with Gasteiger partial charge in [0.25, 0.3) is 0 Å². The molecule has 0 radical (unpaired) electrons. The Balaban J connectivity index is 1.70. The number of nitrogens with one attached hydrogen (secondary N) is 1. The SMILES string of the molecule is CCCNCc1cn(CCN2CCCOCC2)nn1.